The van der Waals surface area contributed by atoms with Crippen molar-refractivity contribution >= 4 is 60.8 Å². The van der Waals surface area contributed by atoms with Gasteiger partial charge in [-0.25, -0.2) is 0 Å². The fourth-order valence-corrected chi connectivity index (χ4v) is 0. The first kappa shape index (κ1) is 29.2. The molecule has 0 heterocycles. The molecule has 0 aliphatic carbocycles. The van der Waals surface area contributed by atoms with Crippen molar-refractivity contribution in [3.8, 4) is 0 Å². The molecule has 0 atom stereocenters. The molecular weight excluding hydrogens is 250 g/mol. The summed E-state index contributed by atoms with van der Waals surface area (Å²) in [7, 11) is 0. The summed E-state index contributed by atoms with van der Waals surface area (Å²) >= 11 is 0. The van der Waals surface area contributed by atoms with Gasteiger partial charge in [-0.15, -0.1) is 30.3 Å². The topological polar surface area (TPSA) is 190 Å². The first-order chi connectivity index (χ1) is 5.20. The zero-order valence-electron chi connectivity index (χ0n) is 10.5. The molecule has 12 nitrogen and oxygen atoms in total. The van der Waals surface area contributed by atoms with Crippen LogP contribution < -0.4 is 0 Å². The van der Waals surface area contributed by atoms with Crippen LogP contribution in [0.15, 0.2) is 0 Å². The van der Waals surface area contributed by atoms with Crippen molar-refractivity contribution < 1.29 is 36.6 Å². The Morgan fingerprint density at radius 3 is 0.786 bits per heavy atom. The zero-order chi connectivity index (χ0) is 10.7. The van der Waals surface area contributed by atoms with Gasteiger partial charge < -0.3 is 21.3 Å². The standard InChI is InChI=1S/Ca.Mg.3HNO3.4H/c;;3*2-1(3)4;;;;/h;;3*(H,2,3,4);;;;/q2*+2;;;;4*-1. The fraction of sp³-hybridized carbons (Fsp3) is 0. The van der Waals surface area contributed by atoms with Crippen LogP contribution in [0, 0.1) is 30.3 Å². The smallest absolute Gasteiger partial charge is 1.00 e. The molecule has 0 fully saturated rings. The van der Waals surface area contributed by atoms with Gasteiger partial charge in [-0.1, -0.05) is 0 Å². The van der Waals surface area contributed by atoms with Crippen LogP contribution in [-0.4, -0.2) is 91.7 Å². The SMILES string of the molecule is O=[N+]([O-])O.O=[N+]([O-])O.O=[N+]([O-])O.[Ca+2].[H-].[H-].[H-].[H-].[Mg+2]. The van der Waals surface area contributed by atoms with E-state index in [1.54, 1.807) is 0 Å². The Morgan fingerprint density at radius 2 is 0.786 bits per heavy atom. The normalized spacial score (nSPS) is 5.14. The molecular formula is H7CaMgN3O9. The molecule has 0 spiro atoms. The Morgan fingerprint density at radius 1 is 0.786 bits per heavy atom. The van der Waals surface area contributed by atoms with Crippen molar-refractivity contribution in [1.82, 2.24) is 0 Å². The van der Waals surface area contributed by atoms with E-state index in [9.17, 15) is 0 Å². The van der Waals surface area contributed by atoms with Gasteiger partial charge >= 0.3 is 60.8 Å². The van der Waals surface area contributed by atoms with Crippen LogP contribution in [0.2, 0.25) is 0 Å². The van der Waals surface area contributed by atoms with Crippen molar-refractivity contribution in [2.45, 2.75) is 0 Å². The predicted molar refractivity (Wildman–Crippen MR) is 42.3 cm³/mol. The van der Waals surface area contributed by atoms with E-state index in [-0.39, 0.29) is 66.5 Å². The quantitative estimate of drug-likeness (QED) is 0.267. The molecule has 3 N–H and O–H groups in total. The summed E-state index contributed by atoms with van der Waals surface area (Å²) in [5, 5.41) is 40.9. The van der Waals surface area contributed by atoms with Gasteiger partial charge in [-0.2, -0.15) is 0 Å². The fourth-order valence-electron chi connectivity index (χ4n) is 0. The molecule has 0 aliphatic rings. The van der Waals surface area contributed by atoms with Crippen molar-refractivity contribution in [2.75, 3.05) is 0 Å². The molecule has 80 valence electrons. The molecule has 0 amide bonds. The minimum atomic E-state index is -1.50. The molecule has 0 unspecified atom stereocenters. The summed E-state index contributed by atoms with van der Waals surface area (Å²) in [6, 6.07) is 0. The third-order valence-electron chi connectivity index (χ3n) is 0. The van der Waals surface area contributed by atoms with Crippen LogP contribution >= 0.6 is 0 Å². The number of nitrogens with zero attached hydrogens (tertiary/aromatic N) is 3. The van der Waals surface area contributed by atoms with Crippen LogP contribution in [0.5, 0.6) is 0 Å². The van der Waals surface area contributed by atoms with Crippen molar-refractivity contribution in [1.29, 1.82) is 0 Å². The van der Waals surface area contributed by atoms with Gasteiger partial charge in [0.15, 0.2) is 0 Å². The molecule has 14 heavy (non-hydrogen) atoms. The minimum absolute atomic E-state index is 0. The molecule has 0 aliphatic heterocycles. The van der Waals surface area contributed by atoms with Crippen molar-refractivity contribution in [2.24, 2.45) is 0 Å². The van der Waals surface area contributed by atoms with E-state index in [4.69, 9.17) is 46.0 Å². The summed E-state index contributed by atoms with van der Waals surface area (Å²) in [4.78, 5) is 25.1. The molecule has 14 heteroatoms. The second kappa shape index (κ2) is 22.9. The molecule has 0 rings (SSSR count). The maximum Gasteiger partial charge on any atom is 2.00 e. The van der Waals surface area contributed by atoms with Crippen molar-refractivity contribution in [3.63, 3.8) is 0 Å². The molecule has 0 radical (unpaired) electrons. The van der Waals surface area contributed by atoms with E-state index >= 15 is 0 Å². The molecule has 0 aromatic carbocycles. The van der Waals surface area contributed by atoms with Gasteiger partial charge in [0.1, 0.15) is 0 Å². The Hall–Kier alpha value is -0.374. The maximum atomic E-state index is 8.36. The summed E-state index contributed by atoms with van der Waals surface area (Å²) < 4.78 is 0. The van der Waals surface area contributed by atoms with E-state index in [1.807, 2.05) is 0 Å². The number of rotatable bonds is 0. The van der Waals surface area contributed by atoms with Crippen molar-refractivity contribution in [3.05, 3.63) is 30.3 Å². The summed E-state index contributed by atoms with van der Waals surface area (Å²) in [5.74, 6) is 0. The first-order valence-electron chi connectivity index (χ1n) is 1.70. The molecule has 0 aromatic heterocycles. The van der Waals surface area contributed by atoms with Crippen LogP contribution in [0.3, 0.4) is 0 Å². The van der Waals surface area contributed by atoms with Crippen LogP contribution in [0.25, 0.3) is 0 Å². The third kappa shape index (κ3) is 9380. The van der Waals surface area contributed by atoms with E-state index in [0.29, 0.717) is 0 Å². The number of hydrogen-bond donors (Lipinski definition) is 3. The molecule has 0 saturated heterocycles. The van der Waals surface area contributed by atoms with E-state index < -0.39 is 15.3 Å². The van der Waals surface area contributed by atoms with Gasteiger partial charge in [-0.3, -0.25) is 0 Å². The average molecular weight is 257 g/mol. The Balaban J connectivity index is -0.00000000827. The summed E-state index contributed by atoms with van der Waals surface area (Å²) in [5.41, 5.74) is 0. The second-order valence-electron chi connectivity index (χ2n) is 0.714. The Kier molecular flexibility index (Phi) is 47.8. The van der Waals surface area contributed by atoms with Crippen LogP contribution in [0.1, 0.15) is 5.71 Å². The van der Waals surface area contributed by atoms with Crippen LogP contribution in [0.4, 0.5) is 0 Å². The zero-order valence-corrected chi connectivity index (χ0v) is 10.2. The monoisotopic (exact) mass is 257 g/mol. The van der Waals surface area contributed by atoms with Gasteiger partial charge in [-0.05, 0) is 0 Å². The summed E-state index contributed by atoms with van der Waals surface area (Å²) in [6.07, 6.45) is 0. The third-order valence-corrected chi connectivity index (χ3v) is 0. The first-order valence-corrected chi connectivity index (χ1v) is 1.70. The second-order valence-corrected chi connectivity index (χ2v) is 0.714. The van der Waals surface area contributed by atoms with Gasteiger partial charge in [0.05, 0.1) is 0 Å². The number of hydrogen-bond acceptors (Lipinski definition) is 6. The maximum absolute atomic E-state index is 8.36. The molecule has 0 saturated carbocycles. The average Bonchev–Trinajstić information content (AvgIpc) is 1.54. The minimum Gasteiger partial charge on any atom is -1.00 e. The Labute approximate surface area is 127 Å². The molecule has 0 bridgehead atoms. The Bertz CT molecular complexity index is 131. The van der Waals surface area contributed by atoms with Gasteiger partial charge in [0.25, 0.3) is 15.3 Å². The van der Waals surface area contributed by atoms with Crippen LogP contribution in [-0.2, 0) is 0 Å². The van der Waals surface area contributed by atoms with E-state index in [1.165, 1.54) is 0 Å². The van der Waals surface area contributed by atoms with E-state index in [2.05, 4.69) is 0 Å². The summed E-state index contributed by atoms with van der Waals surface area (Å²) in [6.45, 7) is 0. The van der Waals surface area contributed by atoms with E-state index in [0.717, 1.165) is 0 Å². The van der Waals surface area contributed by atoms with Gasteiger partial charge in [0.2, 0.25) is 0 Å². The van der Waals surface area contributed by atoms with Gasteiger partial charge in [0, 0.05) is 0 Å². The largest absolute Gasteiger partial charge is 2.00 e. The predicted octanol–water partition coefficient (Wildman–Crippen LogP) is -1.35. The molecule has 0 aromatic rings.